The van der Waals surface area contributed by atoms with Gasteiger partial charge in [-0.3, -0.25) is 4.79 Å². The van der Waals surface area contributed by atoms with Gasteiger partial charge in [0.15, 0.2) is 0 Å². The second-order valence-electron chi connectivity index (χ2n) is 7.28. The quantitative estimate of drug-likeness (QED) is 0.766. The fraction of sp³-hybridized carbons (Fsp3) is 0.381. The number of hydrogen-bond acceptors (Lipinski definition) is 4. The van der Waals surface area contributed by atoms with Crippen molar-refractivity contribution >= 4 is 22.8 Å². The number of ether oxygens (including phenoxy) is 1. The van der Waals surface area contributed by atoms with Gasteiger partial charge >= 0.3 is 6.09 Å². The molecule has 0 saturated carbocycles. The van der Waals surface area contributed by atoms with Crippen molar-refractivity contribution in [2.45, 2.75) is 45.3 Å². The number of benzene rings is 2. The summed E-state index contributed by atoms with van der Waals surface area (Å²) in [4.78, 5) is 24.6. The zero-order valence-corrected chi connectivity index (χ0v) is 15.9. The van der Waals surface area contributed by atoms with Gasteiger partial charge in [-0.2, -0.15) is 5.26 Å². The Morgan fingerprint density at radius 1 is 1.15 bits per heavy atom. The van der Waals surface area contributed by atoms with Crippen LogP contribution in [-0.2, 0) is 16.0 Å². The number of nitrogens with one attached hydrogen (secondary N) is 2. The predicted octanol–water partition coefficient (Wildman–Crippen LogP) is 3.31. The first-order valence-corrected chi connectivity index (χ1v) is 8.90. The molecule has 142 valence electrons. The molecule has 1 atom stereocenters. The molecular formula is C21H25N3O3. The molecule has 0 heterocycles. The third-order valence-electron chi connectivity index (χ3n) is 3.80. The number of hydrogen-bond donors (Lipinski definition) is 2. The van der Waals surface area contributed by atoms with E-state index < -0.39 is 17.7 Å². The van der Waals surface area contributed by atoms with Gasteiger partial charge in [0.25, 0.3) is 0 Å². The second kappa shape index (κ2) is 9.04. The van der Waals surface area contributed by atoms with E-state index >= 15 is 0 Å². The van der Waals surface area contributed by atoms with Crippen LogP contribution in [0.4, 0.5) is 4.79 Å². The summed E-state index contributed by atoms with van der Waals surface area (Å²) in [6, 6.07) is 15.1. The van der Waals surface area contributed by atoms with Gasteiger partial charge in [0.05, 0.1) is 12.5 Å². The van der Waals surface area contributed by atoms with Crippen LogP contribution in [0.2, 0.25) is 0 Å². The third-order valence-corrected chi connectivity index (χ3v) is 3.80. The third kappa shape index (κ3) is 6.63. The Balaban J connectivity index is 2.15. The molecule has 0 aromatic heterocycles. The maximum atomic E-state index is 12.5. The average Bonchev–Trinajstić information content (AvgIpc) is 2.59. The minimum absolute atomic E-state index is 0.209. The summed E-state index contributed by atoms with van der Waals surface area (Å²) in [6.45, 7) is 5.52. The lowest BCUT2D eigenvalue weighted by Gasteiger charge is -2.23. The average molecular weight is 367 g/mol. The number of alkyl carbamates (subject to hydrolysis) is 1. The zero-order valence-electron chi connectivity index (χ0n) is 15.9. The number of rotatable bonds is 6. The molecule has 0 aliphatic carbocycles. The fourth-order valence-corrected chi connectivity index (χ4v) is 2.63. The molecule has 0 saturated heterocycles. The van der Waals surface area contributed by atoms with Gasteiger partial charge in [-0.25, -0.2) is 4.79 Å². The van der Waals surface area contributed by atoms with Gasteiger partial charge in [-0.05, 0) is 37.1 Å². The molecule has 2 amide bonds. The van der Waals surface area contributed by atoms with Crippen molar-refractivity contribution in [3.63, 3.8) is 0 Å². The Hall–Kier alpha value is -3.07. The van der Waals surface area contributed by atoms with E-state index in [1.165, 1.54) is 0 Å². The van der Waals surface area contributed by atoms with Crippen molar-refractivity contribution < 1.29 is 14.3 Å². The van der Waals surface area contributed by atoms with Crippen molar-refractivity contribution in [3.05, 3.63) is 48.0 Å². The summed E-state index contributed by atoms with van der Waals surface area (Å²) in [5.74, 6) is -0.343. The highest BCUT2D eigenvalue weighted by Crippen LogP contribution is 2.17. The van der Waals surface area contributed by atoms with E-state index in [1.54, 1.807) is 20.8 Å². The minimum atomic E-state index is -0.792. The fourth-order valence-electron chi connectivity index (χ4n) is 2.63. The van der Waals surface area contributed by atoms with Crippen LogP contribution in [0.25, 0.3) is 10.8 Å². The van der Waals surface area contributed by atoms with Crippen LogP contribution in [0, 0.1) is 11.3 Å². The number of amides is 2. The molecule has 27 heavy (non-hydrogen) atoms. The first kappa shape index (κ1) is 20.2. The lowest BCUT2D eigenvalue weighted by atomic mass is 10.0. The van der Waals surface area contributed by atoms with Crippen LogP contribution in [-0.4, -0.2) is 30.2 Å². The predicted molar refractivity (Wildman–Crippen MR) is 104 cm³/mol. The van der Waals surface area contributed by atoms with E-state index in [9.17, 15) is 9.59 Å². The lowest BCUT2D eigenvalue weighted by molar-refractivity contribution is -0.123. The van der Waals surface area contributed by atoms with E-state index in [-0.39, 0.29) is 18.9 Å². The first-order valence-electron chi connectivity index (χ1n) is 8.90. The largest absolute Gasteiger partial charge is 0.444 e. The molecule has 0 radical (unpaired) electrons. The Morgan fingerprint density at radius 2 is 1.85 bits per heavy atom. The van der Waals surface area contributed by atoms with Crippen LogP contribution >= 0.6 is 0 Å². The summed E-state index contributed by atoms with van der Waals surface area (Å²) < 4.78 is 5.27. The maximum absolute atomic E-state index is 12.5. The smallest absolute Gasteiger partial charge is 0.408 e. The molecular weight excluding hydrogens is 342 g/mol. The molecule has 2 N–H and O–H groups in total. The molecule has 0 fully saturated rings. The standard InChI is InChI=1S/C21H25N3O3/c1-21(2,3)27-20(26)24-18(19(25)23-12-6-11-22)14-15-9-10-16-7-4-5-8-17(16)13-15/h4-5,7-10,13,18H,6,12,14H2,1-3H3,(H,23,25)(H,24,26). The van der Waals surface area contributed by atoms with Gasteiger partial charge in [0.2, 0.25) is 5.91 Å². The summed E-state index contributed by atoms with van der Waals surface area (Å²) in [6.07, 6.45) is -0.118. The molecule has 6 nitrogen and oxygen atoms in total. The molecule has 2 rings (SSSR count). The minimum Gasteiger partial charge on any atom is -0.444 e. The summed E-state index contributed by atoms with van der Waals surface area (Å²) in [5, 5.41) is 16.1. The van der Waals surface area contributed by atoms with Crippen LogP contribution in [0.5, 0.6) is 0 Å². The molecule has 2 aromatic rings. The van der Waals surface area contributed by atoms with E-state index in [4.69, 9.17) is 10.00 Å². The summed E-state index contributed by atoms with van der Waals surface area (Å²) in [5.41, 5.74) is 0.264. The maximum Gasteiger partial charge on any atom is 0.408 e. The lowest BCUT2D eigenvalue weighted by Crippen LogP contribution is -2.49. The van der Waals surface area contributed by atoms with Crippen molar-refractivity contribution in [2.24, 2.45) is 0 Å². The highest BCUT2D eigenvalue weighted by atomic mass is 16.6. The van der Waals surface area contributed by atoms with Gasteiger partial charge in [-0.15, -0.1) is 0 Å². The summed E-state index contributed by atoms with van der Waals surface area (Å²) >= 11 is 0. The van der Waals surface area contributed by atoms with Crippen molar-refractivity contribution in [3.8, 4) is 6.07 Å². The Labute approximate surface area is 159 Å². The molecule has 0 aliphatic heterocycles. The zero-order chi connectivity index (χ0) is 19.9. The number of carbonyl (C=O) groups excluding carboxylic acids is 2. The van der Waals surface area contributed by atoms with E-state index in [0.717, 1.165) is 16.3 Å². The number of nitrogens with zero attached hydrogens (tertiary/aromatic N) is 1. The Kier molecular flexibility index (Phi) is 6.78. The highest BCUT2D eigenvalue weighted by molar-refractivity contribution is 5.87. The summed E-state index contributed by atoms with van der Waals surface area (Å²) in [7, 11) is 0. The Bertz CT molecular complexity index is 850. The van der Waals surface area contributed by atoms with Crippen molar-refractivity contribution in [2.75, 3.05) is 6.54 Å². The first-order chi connectivity index (χ1) is 12.8. The van der Waals surface area contributed by atoms with Crippen LogP contribution in [0.1, 0.15) is 32.8 Å². The molecule has 6 heteroatoms. The van der Waals surface area contributed by atoms with Crippen LogP contribution in [0.15, 0.2) is 42.5 Å². The highest BCUT2D eigenvalue weighted by Gasteiger charge is 2.24. The molecule has 0 aliphatic rings. The van der Waals surface area contributed by atoms with Crippen molar-refractivity contribution in [1.29, 1.82) is 5.26 Å². The van der Waals surface area contributed by atoms with Crippen molar-refractivity contribution in [1.82, 2.24) is 10.6 Å². The SMILES string of the molecule is CC(C)(C)OC(=O)NC(Cc1ccc2ccccc2c1)C(=O)NCCC#N. The van der Waals surface area contributed by atoms with E-state index in [0.29, 0.717) is 6.42 Å². The monoisotopic (exact) mass is 367 g/mol. The number of carbonyl (C=O) groups is 2. The van der Waals surface area contributed by atoms with E-state index in [1.807, 2.05) is 48.5 Å². The van der Waals surface area contributed by atoms with Gasteiger partial charge in [-0.1, -0.05) is 42.5 Å². The van der Waals surface area contributed by atoms with Gasteiger partial charge < -0.3 is 15.4 Å². The molecule has 1 unspecified atom stereocenters. The molecule has 0 spiro atoms. The van der Waals surface area contributed by atoms with Gasteiger partial charge in [0, 0.05) is 13.0 Å². The van der Waals surface area contributed by atoms with Crippen LogP contribution in [0.3, 0.4) is 0 Å². The molecule has 2 aromatic carbocycles. The molecule has 0 bridgehead atoms. The number of fused-ring (bicyclic) bond motifs is 1. The van der Waals surface area contributed by atoms with Gasteiger partial charge in [0.1, 0.15) is 11.6 Å². The Morgan fingerprint density at radius 3 is 2.52 bits per heavy atom. The second-order valence-corrected chi connectivity index (χ2v) is 7.28. The topological polar surface area (TPSA) is 91.2 Å². The number of nitriles is 1. The van der Waals surface area contributed by atoms with E-state index in [2.05, 4.69) is 10.6 Å². The van der Waals surface area contributed by atoms with Crippen LogP contribution < -0.4 is 10.6 Å². The normalized spacial score (nSPS) is 12.1.